The zero-order valence-electron chi connectivity index (χ0n) is 24.0. The van der Waals surface area contributed by atoms with Crippen LogP contribution in [-0.2, 0) is 35.7 Å². The van der Waals surface area contributed by atoms with E-state index in [0.717, 1.165) is 24.0 Å². The zero-order valence-corrected chi connectivity index (χ0v) is 24.9. The summed E-state index contributed by atoms with van der Waals surface area (Å²) in [5.74, 6) is -0.500. The van der Waals surface area contributed by atoms with Gasteiger partial charge in [0.05, 0.1) is 36.2 Å². The lowest BCUT2D eigenvalue weighted by Crippen LogP contribution is -2.49. The molecular formula is C33H34F3N3O4S. The van der Waals surface area contributed by atoms with Crippen LogP contribution in [0.15, 0.2) is 109 Å². The summed E-state index contributed by atoms with van der Waals surface area (Å²) in [5, 5.41) is 17.0. The van der Waals surface area contributed by atoms with Crippen LogP contribution in [0.2, 0.25) is 0 Å². The molecule has 4 aromatic carbocycles. The Morgan fingerprint density at radius 1 is 0.864 bits per heavy atom. The zero-order chi connectivity index (χ0) is 31.7. The van der Waals surface area contributed by atoms with Gasteiger partial charge in [0.15, 0.2) is 0 Å². The summed E-state index contributed by atoms with van der Waals surface area (Å²) in [7, 11) is -3.69. The Hall–Kier alpha value is -4.19. The molecule has 0 unspecified atom stereocenters. The lowest BCUT2D eigenvalue weighted by Gasteiger charge is -2.26. The van der Waals surface area contributed by atoms with Crippen molar-refractivity contribution in [3.05, 3.63) is 137 Å². The van der Waals surface area contributed by atoms with Gasteiger partial charge in [-0.2, -0.15) is 13.2 Å². The van der Waals surface area contributed by atoms with Gasteiger partial charge in [-0.05, 0) is 47.4 Å². The van der Waals surface area contributed by atoms with E-state index in [0.29, 0.717) is 16.8 Å². The number of amides is 1. The van der Waals surface area contributed by atoms with Crippen molar-refractivity contribution >= 4 is 21.6 Å². The van der Waals surface area contributed by atoms with Crippen molar-refractivity contribution < 1.29 is 31.5 Å². The van der Waals surface area contributed by atoms with E-state index in [-0.39, 0.29) is 31.6 Å². The second kappa shape index (κ2) is 14.5. The molecule has 0 saturated heterocycles. The van der Waals surface area contributed by atoms with Gasteiger partial charge >= 0.3 is 6.18 Å². The second-order valence-corrected chi connectivity index (χ2v) is 12.3. The predicted octanol–water partition coefficient (Wildman–Crippen LogP) is 5.16. The second-order valence-electron chi connectivity index (χ2n) is 10.4. The monoisotopic (exact) mass is 625 g/mol. The van der Waals surface area contributed by atoms with Crippen LogP contribution >= 0.6 is 0 Å². The van der Waals surface area contributed by atoms with Crippen LogP contribution in [0.5, 0.6) is 0 Å². The molecule has 2 atom stereocenters. The summed E-state index contributed by atoms with van der Waals surface area (Å²) in [6.07, 6.45) is -4.19. The fraction of sp³-hybridized carbons (Fsp3) is 0.242. The van der Waals surface area contributed by atoms with Gasteiger partial charge < -0.3 is 15.7 Å². The number of anilines is 1. The normalized spacial score (nSPS) is 13.2. The van der Waals surface area contributed by atoms with E-state index < -0.39 is 39.8 Å². The molecule has 0 spiro atoms. The molecule has 0 saturated carbocycles. The molecule has 7 nitrogen and oxygen atoms in total. The molecule has 232 valence electrons. The molecule has 0 aromatic heterocycles. The van der Waals surface area contributed by atoms with Gasteiger partial charge in [0, 0.05) is 18.7 Å². The van der Waals surface area contributed by atoms with Crippen LogP contribution in [-0.4, -0.2) is 44.4 Å². The van der Waals surface area contributed by atoms with Gasteiger partial charge in [-0.3, -0.25) is 9.10 Å². The first-order valence-corrected chi connectivity index (χ1v) is 15.8. The van der Waals surface area contributed by atoms with Crippen LogP contribution in [0, 0.1) is 0 Å². The highest BCUT2D eigenvalue weighted by molar-refractivity contribution is 7.92. The molecule has 3 N–H and O–H groups in total. The van der Waals surface area contributed by atoms with Crippen molar-refractivity contribution in [2.75, 3.05) is 17.1 Å². The number of hydrogen-bond donors (Lipinski definition) is 3. The number of sulfonamides is 1. The lowest BCUT2D eigenvalue weighted by atomic mass is 9.99. The van der Waals surface area contributed by atoms with Gasteiger partial charge in [-0.25, -0.2) is 8.42 Å². The van der Waals surface area contributed by atoms with Crippen LogP contribution < -0.4 is 14.9 Å². The van der Waals surface area contributed by atoms with Crippen LogP contribution in [0.4, 0.5) is 18.9 Å². The number of benzene rings is 4. The molecule has 0 fully saturated rings. The minimum absolute atomic E-state index is 0.00840. The molecule has 44 heavy (non-hydrogen) atoms. The van der Waals surface area contributed by atoms with Crippen molar-refractivity contribution in [3.8, 4) is 0 Å². The van der Waals surface area contributed by atoms with Crippen molar-refractivity contribution in [1.82, 2.24) is 10.6 Å². The molecule has 0 aliphatic rings. The van der Waals surface area contributed by atoms with Crippen molar-refractivity contribution in [2.45, 2.75) is 37.8 Å². The summed E-state index contributed by atoms with van der Waals surface area (Å²) in [6.45, 7) is -0.0148. The highest BCUT2D eigenvalue weighted by Crippen LogP contribution is 2.29. The molecule has 1 amide bonds. The van der Waals surface area contributed by atoms with Crippen LogP contribution in [0.25, 0.3) is 0 Å². The Labute approximate surface area is 255 Å². The van der Waals surface area contributed by atoms with E-state index in [4.69, 9.17) is 0 Å². The Bertz CT molecular complexity index is 1640. The predicted molar refractivity (Wildman–Crippen MR) is 164 cm³/mol. The number of rotatable bonds is 13. The first kappa shape index (κ1) is 32.7. The van der Waals surface area contributed by atoms with E-state index in [2.05, 4.69) is 10.6 Å². The summed E-state index contributed by atoms with van der Waals surface area (Å²) in [5.41, 5.74) is 1.67. The number of hydrogen-bond acceptors (Lipinski definition) is 5. The number of aliphatic hydroxyl groups excluding tert-OH is 1. The largest absolute Gasteiger partial charge is 0.416 e. The molecule has 0 aliphatic heterocycles. The molecule has 0 radical (unpaired) electrons. The lowest BCUT2D eigenvalue weighted by molar-refractivity contribution is -0.137. The third kappa shape index (κ3) is 9.15. The third-order valence-corrected chi connectivity index (χ3v) is 8.18. The fourth-order valence-corrected chi connectivity index (χ4v) is 5.67. The number of nitrogens with one attached hydrogen (secondary N) is 2. The van der Waals surface area contributed by atoms with E-state index in [1.165, 1.54) is 10.4 Å². The average molecular weight is 626 g/mol. The standard InChI is InChI=1S/C33H34F3N3O4S/c1-44(42,43)39(28-16-6-3-7-17-28)23-26-14-8-9-18-29(26)32(41)38-30(20-24-11-4-2-5-12-24)31(40)22-37-21-25-13-10-15-27(19-25)33(34,35)36/h2-19,30-31,37,40H,20-23H2,1H3,(H,38,41)/t30-,31+/m0/s1. The Balaban J connectivity index is 1.51. The maximum atomic E-state index is 13.6. The maximum Gasteiger partial charge on any atom is 0.416 e. The van der Waals surface area contributed by atoms with Gasteiger partial charge in [-0.15, -0.1) is 0 Å². The highest BCUT2D eigenvalue weighted by atomic mass is 32.2. The van der Waals surface area contributed by atoms with E-state index in [1.807, 2.05) is 30.3 Å². The number of halogens is 3. The van der Waals surface area contributed by atoms with E-state index in [9.17, 15) is 31.5 Å². The molecular weight excluding hydrogens is 591 g/mol. The van der Waals surface area contributed by atoms with E-state index >= 15 is 0 Å². The maximum absolute atomic E-state index is 13.6. The summed E-state index contributed by atoms with van der Waals surface area (Å²) in [4.78, 5) is 13.6. The number of aliphatic hydroxyl groups is 1. The Kier molecular flexibility index (Phi) is 10.8. The molecule has 4 aromatic rings. The molecule has 0 bridgehead atoms. The molecule has 0 aliphatic carbocycles. The third-order valence-electron chi connectivity index (χ3n) is 7.04. The minimum atomic E-state index is -4.46. The SMILES string of the molecule is CS(=O)(=O)N(Cc1ccccc1C(=O)N[C@@H](Cc1ccccc1)[C@H](O)CNCc1cccc(C(F)(F)F)c1)c1ccccc1. The van der Waals surface area contributed by atoms with Gasteiger partial charge in [0.1, 0.15) is 0 Å². The number of nitrogens with zero attached hydrogens (tertiary/aromatic N) is 1. The summed E-state index contributed by atoms with van der Waals surface area (Å²) >= 11 is 0. The molecule has 11 heteroatoms. The fourth-order valence-electron chi connectivity index (χ4n) is 4.79. The van der Waals surface area contributed by atoms with Crippen LogP contribution in [0.1, 0.15) is 32.6 Å². The van der Waals surface area contributed by atoms with Crippen molar-refractivity contribution in [2.24, 2.45) is 0 Å². The highest BCUT2D eigenvalue weighted by Gasteiger charge is 2.30. The topological polar surface area (TPSA) is 98.7 Å². The Morgan fingerprint density at radius 3 is 2.14 bits per heavy atom. The summed E-state index contributed by atoms with van der Waals surface area (Å²) in [6, 6.07) is 28.6. The van der Waals surface area contributed by atoms with Gasteiger partial charge in [0.2, 0.25) is 10.0 Å². The first-order chi connectivity index (χ1) is 20.9. The minimum Gasteiger partial charge on any atom is -0.390 e. The quantitative estimate of drug-likeness (QED) is 0.191. The van der Waals surface area contributed by atoms with Crippen LogP contribution in [0.3, 0.4) is 0 Å². The number of carbonyl (C=O) groups excluding carboxylic acids is 1. The Morgan fingerprint density at radius 2 is 1.48 bits per heavy atom. The number of carbonyl (C=O) groups is 1. The molecule has 4 rings (SSSR count). The van der Waals surface area contributed by atoms with E-state index in [1.54, 1.807) is 60.7 Å². The summed E-state index contributed by atoms with van der Waals surface area (Å²) < 4.78 is 65.9. The van der Waals surface area contributed by atoms with Crippen molar-refractivity contribution in [3.63, 3.8) is 0 Å². The number of alkyl halides is 3. The molecule has 0 heterocycles. The average Bonchev–Trinajstić information content (AvgIpc) is 2.99. The number of para-hydroxylation sites is 1. The smallest absolute Gasteiger partial charge is 0.390 e. The van der Waals surface area contributed by atoms with Gasteiger partial charge in [-0.1, -0.05) is 84.9 Å². The first-order valence-electron chi connectivity index (χ1n) is 13.9. The van der Waals surface area contributed by atoms with Crippen molar-refractivity contribution in [1.29, 1.82) is 0 Å². The van der Waals surface area contributed by atoms with Gasteiger partial charge in [0.25, 0.3) is 5.91 Å².